The van der Waals surface area contributed by atoms with Crippen molar-refractivity contribution in [3.8, 4) is 0 Å². The molecule has 1 N–H and O–H groups in total. The molecule has 1 aromatic rings. The number of ether oxygens (including phenoxy) is 1. The van der Waals surface area contributed by atoms with E-state index in [2.05, 4.69) is 17.1 Å². The van der Waals surface area contributed by atoms with Gasteiger partial charge in [0.2, 0.25) is 0 Å². The van der Waals surface area contributed by atoms with Gasteiger partial charge in [-0.25, -0.2) is 4.79 Å². The van der Waals surface area contributed by atoms with E-state index in [-0.39, 0.29) is 13.2 Å². The average Bonchev–Trinajstić information content (AvgIpc) is 2.62. The highest BCUT2D eigenvalue weighted by molar-refractivity contribution is 5.67. The fourth-order valence-corrected chi connectivity index (χ4v) is 1.01. The molecule has 0 bridgehead atoms. The van der Waals surface area contributed by atoms with Crippen LogP contribution in [-0.4, -0.2) is 27.8 Å². The van der Waals surface area contributed by atoms with Crippen LogP contribution in [0.1, 0.15) is 31.5 Å². The zero-order chi connectivity index (χ0) is 11.1. The van der Waals surface area contributed by atoms with Gasteiger partial charge in [-0.3, -0.25) is 0 Å². The Balaban J connectivity index is 2.29. The Kier molecular flexibility index (Phi) is 4.76. The number of unbranched alkanes of at least 4 members (excludes halogenated alkanes) is 1. The quantitative estimate of drug-likeness (QED) is 0.729. The van der Waals surface area contributed by atoms with Crippen molar-refractivity contribution < 1.29 is 19.2 Å². The van der Waals surface area contributed by atoms with Crippen molar-refractivity contribution in [1.82, 2.24) is 10.1 Å². The minimum Gasteiger partial charge on any atom is -0.480 e. The van der Waals surface area contributed by atoms with Crippen molar-refractivity contribution in [3.05, 3.63) is 11.7 Å². The van der Waals surface area contributed by atoms with Crippen LogP contribution < -0.4 is 0 Å². The van der Waals surface area contributed by atoms with E-state index in [0.717, 1.165) is 19.3 Å². The van der Waals surface area contributed by atoms with Gasteiger partial charge in [0.05, 0.1) is 0 Å². The summed E-state index contributed by atoms with van der Waals surface area (Å²) in [6.07, 6.45) is 2.85. The molecule has 0 aliphatic rings. The number of carboxylic acid groups (broad SMARTS) is 1. The molecule has 6 nitrogen and oxygen atoms in total. The van der Waals surface area contributed by atoms with Crippen molar-refractivity contribution in [1.29, 1.82) is 0 Å². The minimum atomic E-state index is -1.01. The molecule has 0 saturated carbocycles. The molecule has 1 rings (SSSR count). The average molecular weight is 214 g/mol. The molecular weight excluding hydrogens is 200 g/mol. The first-order chi connectivity index (χ1) is 7.22. The zero-order valence-corrected chi connectivity index (χ0v) is 8.60. The van der Waals surface area contributed by atoms with Crippen LogP contribution in [-0.2, 0) is 22.6 Å². The van der Waals surface area contributed by atoms with Crippen LogP contribution in [0.3, 0.4) is 0 Å². The third-order valence-corrected chi connectivity index (χ3v) is 1.72. The van der Waals surface area contributed by atoms with Crippen molar-refractivity contribution in [3.63, 3.8) is 0 Å². The Hall–Kier alpha value is -1.43. The van der Waals surface area contributed by atoms with E-state index in [1.54, 1.807) is 0 Å². The maximum Gasteiger partial charge on any atom is 0.329 e. The number of hydrogen-bond acceptors (Lipinski definition) is 5. The Morgan fingerprint density at radius 1 is 1.60 bits per heavy atom. The Morgan fingerprint density at radius 2 is 2.40 bits per heavy atom. The Bertz CT molecular complexity index is 311. The zero-order valence-electron chi connectivity index (χ0n) is 8.60. The topological polar surface area (TPSA) is 85.5 Å². The predicted molar refractivity (Wildman–Crippen MR) is 50.2 cm³/mol. The van der Waals surface area contributed by atoms with Crippen molar-refractivity contribution in [2.75, 3.05) is 6.61 Å². The summed E-state index contributed by atoms with van der Waals surface area (Å²) >= 11 is 0. The fourth-order valence-electron chi connectivity index (χ4n) is 1.01. The van der Waals surface area contributed by atoms with Crippen molar-refractivity contribution in [2.24, 2.45) is 0 Å². The van der Waals surface area contributed by atoms with E-state index < -0.39 is 5.97 Å². The summed E-state index contributed by atoms with van der Waals surface area (Å²) in [7, 11) is 0. The highest BCUT2D eigenvalue weighted by atomic mass is 16.5. The van der Waals surface area contributed by atoms with Gasteiger partial charge in [-0.15, -0.1) is 0 Å². The highest BCUT2D eigenvalue weighted by Gasteiger charge is 2.06. The molecule has 84 valence electrons. The summed E-state index contributed by atoms with van der Waals surface area (Å²) in [5.74, 6) is -0.0474. The van der Waals surface area contributed by atoms with Crippen LogP contribution in [0.5, 0.6) is 0 Å². The molecule has 0 unspecified atom stereocenters. The lowest BCUT2D eigenvalue weighted by molar-refractivity contribution is -0.142. The molecule has 0 atom stereocenters. The van der Waals surface area contributed by atoms with E-state index in [1.807, 2.05) is 0 Å². The number of carbonyl (C=O) groups is 1. The first-order valence-corrected chi connectivity index (χ1v) is 4.83. The third-order valence-electron chi connectivity index (χ3n) is 1.72. The third kappa shape index (κ3) is 4.55. The molecule has 0 spiro atoms. The first-order valence-electron chi connectivity index (χ1n) is 4.83. The van der Waals surface area contributed by atoms with Crippen LogP contribution >= 0.6 is 0 Å². The number of hydrogen-bond donors (Lipinski definition) is 1. The lowest BCUT2D eigenvalue weighted by atomic mass is 10.2. The Morgan fingerprint density at radius 3 is 3.07 bits per heavy atom. The number of aliphatic carboxylic acids is 1. The number of aromatic nitrogens is 2. The normalized spacial score (nSPS) is 10.5. The standard InChI is InChI=1S/C9H14N2O4/c1-2-3-4-7-10-8(15-11-7)5-14-6-9(12)13/h2-6H2,1H3,(H,12,13). The molecule has 6 heteroatoms. The SMILES string of the molecule is CCCCc1noc(COCC(=O)O)n1. The molecule has 0 aliphatic carbocycles. The second kappa shape index (κ2) is 6.13. The number of carboxylic acids is 1. The maximum atomic E-state index is 10.1. The second-order valence-corrected chi connectivity index (χ2v) is 3.09. The smallest absolute Gasteiger partial charge is 0.329 e. The summed E-state index contributed by atoms with van der Waals surface area (Å²) in [6, 6.07) is 0. The van der Waals surface area contributed by atoms with Gasteiger partial charge in [0, 0.05) is 6.42 Å². The predicted octanol–water partition coefficient (Wildman–Crippen LogP) is 1.01. The van der Waals surface area contributed by atoms with E-state index in [0.29, 0.717) is 11.7 Å². The van der Waals surface area contributed by atoms with Crippen LogP contribution in [0, 0.1) is 0 Å². The van der Waals surface area contributed by atoms with E-state index >= 15 is 0 Å². The number of aryl methyl sites for hydroxylation is 1. The summed E-state index contributed by atoms with van der Waals surface area (Å²) in [6.45, 7) is 1.77. The lowest BCUT2D eigenvalue weighted by Crippen LogP contribution is -2.06. The van der Waals surface area contributed by atoms with E-state index in [1.165, 1.54) is 0 Å². The number of nitrogens with zero attached hydrogens (tertiary/aromatic N) is 2. The van der Waals surface area contributed by atoms with Gasteiger partial charge in [-0.2, -0.15) is 4.98 Å². The van der Waals surface area contributed by atoms with Gasteiger partial charge in [-0.05, 0) is 6.42 Å². The van der Waals surface area contributed by atoms with Crippen LogP contribution in [0.2, 0.25) is 0 Å². The van der Waals surface area contributed by atoms with Crippen LogP contribution in [0.25, 0.3) is 0 Å². The van der Waals surface area contributed by atoms with Gasteiger partial charge in [0.1, 0.15) is 13.2 Å². The minimum absolute atomic E-state index is 0.0470. The lowest BCUT2D eigenvalue weighted by Gasteiger charge is -1.94. The van der Waals surface area contributed by atoms with Gasteiger partial charge >= 0.3 is 5.97 Å². The summed E-state index contributed by atoms with van der Waals surface area (Å²) in [4.78, 5) is 14.2. The van der Waals surface area contributed by atoms with Crippen LogP contribution in [0.4, 0.5) is 0 Å². The first kappa shape index (κ1) is 11.6. The van der Waals surface area contributed by atoms with E-state index in [4.69, 9.17) is 14.4 Å². The summed E-state index contributed by atoms with van der Waals surface area (Å²) < 4.78 is 9.67. The van der Waals surface area contributed by atoms with Crippen molar-refractivity contribution >= 4 is 5.97 Å². The van der Waals surface area contributed by atoms with Gasteiger partial charge < -0.3 is 14.4 Å². The fraction of sp³-hybridized carbons (Fsp3) is 0.667. The monoisotopic (exact) mass is 214 g/mol. The molecule has 15 heavy (non-hydrogen) atoms. The van der Waals surface area contributed by atoms with Gasteiger partial charge in [0.15, 0.2) is 5.82 Å². The number of rotatable bonds is 7. The molecule has 0 amide bonds. The van der Waals surface area contributed by atoms with Crippen LogP contribution in [0.15, 0.2) is 4.52 Å². The molecule has 0 radical (unpaired) electrons. The molecule has 0 saturated heterocycles. The Labute approximate surface area is 87.2 Å². The molecule has 0 fully saturated rings. The van der Waals surface area contributed by atoms with E-state index in [9.17, 15) is 4.79 Å². The molecule has 0 aliphatic heterocycles. The second-order valence-electron chi connectivity index (χ2n) is 3.09. The molecule has 1 heterocycles. The largest absolute Gasteiger partial charge is 0.480 e. The molecule has 0 aromatic carbocycles. The van der Waals surface area contributed by atoms with Gasteiger partial charge in [-0.1, -0.05) is 18.5 Å². The summed E-state index contributed by atoms with van der Waals surface area (Å²) in [5, 5.41) is 12.1. The highest BCUT2D eigenvalue weighted by Crippen LogP contribution is 2.03. The van der Waals surface area contributed by atoms with Crippen molar-refractivity contribution in [2.45, 2.75) is 32.8 Å². The summed E-state index contributed by atoms with van der Waals surface area (Å²) in [5.41, 5.74) is 0. The molecule has 1 aromatic heterocycles. The maximum absolute atomic E-state index is 10.1. The molecular formula is C9H14N2O4. The van der Waals surface area contributed by atoms with Gasteiger partial charge in [0.25, 0.3) is 5.89 Å².